The van der Waals surface area contributed by atoms with Gasteiger partial charge in [-0.2, -0.15) is 0 Å². The standard InChI is InChI=1S/C16H23N3O/c20-16(19-12-5-6-13-19)14-8-7-9-17-15(14)18-10-3-1-2-4-11-18/h7-9H,1-6,10-13H2. The Hall–Kier alpha value is -1.58. The lowest BCUT2D eigenvalue weighted by atomic mass is 10.2. The van der Waals surface area contributed by atoms with Crippen LogP contribution in [-0.4, -0.2) is 42.0 Å². The summed E-state index contributed by atoms with van der Waals surface area (Å²) in [5, 5.41) is 0. The number of anilines is 1. The Balaban J connectivity index is 1.84. The van der Waals surface area contributed by atoms with Gasteiger partial charge in [0, 0.05) is 32.4 Å². The molecule has 0 radical (unpaired) electrons. The predicted octanol–water partition coefficient (Wildman–Crippen LogP) is 2.70. The van der Waals surface area contributed by atoms with Gasteiger partial charge in [-0.05, 0) is 37.8 Å². The predicted molar refractivity (Wildman–Crippen MR) is 80.1 cm³/mol. The summed E-state index contributed by atoms with van der Waals surface area (Å²) in [4.78, 5) is 21.4. The maximum absolute atomic E-state index is 12.7. The molecule has 3 heterocycles. The maximum Gasteiger partial charge on any atom is 0.257 e. The average molecular weight is 273 g/mol. The number of pyridine rings is 1. The summed E-state index contributed by atoms with van der Waals surface area (Å²) in [6.45, 7) is 3.84. The molecule has 1 aromatic heterocycles. The molecule has 0 spiro atoms. The first kappa shape index (κ1) is 13.4. The SMILES string of the molecule is O=C(c1cccnc1N1CCCCCC1)N1CCCC1. The molecule has 0 unspecified atom stereocenters. The number of carbonyl (C=O) groups is 1. The second-order valence-electron chi connectivity index (χ2n) is 5.78. The fraction of sp³-hybridized carbons (Fsp3) is 0.625. The molecule has 4 nitrogen and oxygen atoms in total. The van der Waals surface area contributed by atoms with Gasteiger partial charge in [-0.3, -0.25) is 4.79 Å². The summed E-state index contributed by atoms with van der Waals surface area (Å²) in [6, 6.07) is 3.82. The normalized spacial score (nSPS) is 20.0. The highest BCUT2D eigenvalue weighted by Crippen LogP contribution is 2.23. The van der Waals surface area contributed by atoms with Gasteiger partial charge in [0.2, 0.25) is 0 Å². The first-order chi connectivity index (χ1) is 9.86. The number of rotatable bonds is 2. The van der Waals surface area contributed by atoms with Gasteiger partial charge in [0.15, 0.2) is 0 Å². The third-order valence-electron chi connectivity index (χ3n) is 4.32. The summed E-state index contributed by atoms with van der Waals surface area (Å²) in [6.07, 6.45) is 9.05. The molecule has 0 aliphatic carbocycles. The van der Waals surface area contributed by atoms with Crippen LogP contribution < -0.4 is 4.90 Å². The Labute approximate surface area is 120 Å². The van der Waals surface area contributed by atoms with Crippen LogP contribution in [0.4, 0.5) is 5.82 Å². The average Bonchev–Trinajstić information content (AvgIpc) is 2.89. The molecule has 0 N–H and O–H groups in total. The molecule has 2 aliphatic rings. The van der Waals surface area contributed by atoms with E-state index < -0.39 is 0 Å². The minimum absolute atomic E-state index is 0.162. The van der Waals surface area contributed by atoms with E-state index in [-0.39, 0.29) is 5.91 Å². The molecule has 0 atom stereocenters. The zero-order valence-corrected chi connectivity index (χ0v) is 12.1. The highest BCUT2D eigenvalue weighted by atomic mass is 16.2. The smallest absolute Gasteiger partial charge is 0.257 e. The van der Waals surface area contributed by atoms with Crippen LogP contribution in [0.3, 0.4) is 0 Å². The summed E-state index contributed by atoms with van der Waals surface area (Å²) in [7, 11) is 0. The van der Waals surface area contributed by atoms with Crippen LogP contribution in [0, 0.1) is 0 Å². The first-order valence-corrected chi connectivity index (χ1v) is 7.85. The van der Waals surface area contributed by atoms with Crippen molar-refractivity contribution >= 4 is 11.7 Å². The molecule has 0 saturated carbocycles. The highest BCUT2D eigenvalue weighted by Gasteiger charge is 2.24. The molecule has 108 valence electrons. The third kappa shape index (κ3) is 2.79. The van der Waals surface area contributed by atoms with Crippen molar-refractivity contribution in [2.75, 3.05) is 31.1 Å². The van der Waals surface area contributed by atoms with E-state index in [9.17, 15) is 4.79 Å². The molecule has 0 bridgehead atoms. The van der Waals surface area contributed by atoms with Gasteiger partial charge >= 0.3 is 0 Å². The van der Waals surface area contributed by atoms with Crippen LogP contribution in [0.15, 0.2) is 18.3 Å². The molecule has 2 saturated heterocycles. The molecule has 0 aromatic carbocycles. The molecule has 2 aliphatic heterocycles. The first-order valence-electron chi connectivity index (χ1n) is 7.85. The molecule has 20 heavy (non-hydrogen) atoms. The van der Waals surface area contributed by atoms with Crippen LogP contribution in [0.2, 0.25) is 0 Å². The lowest BCUT2D eigenvalue weighted by molar-refractivity contribution is 0.0793. The molecule has 3 rings (SSSR count). The van der Waals surface area contributed by atoms with Crippen molar-refractivity contribution in [3.8, 4) is 0 Å². The number of aromatic nitrogens is 1. The topological polar surface area (TPSA) is 36.4 Å². The van der Waals surface area contributed by atoms with Crippen LogP contribution in [0.1, 0.15) is 48.9 Å². The van der Waals surface area contributed by atoms with Crippen molar-refractivity contribution < 1.29 is 4.79 Å². The van der Waals surface area contributed by atoms with Crippen molar-refractivity contribution in [2.45, 2.75) is 38.5 Å². The van der Waals surface area contributed by atoms with E-state index in [2.05, 4.69) is 9.88 Å². The van der Waals surface area contributed by atoms with E-state index in [0.29, 0.717) is 0 Å². The summed E-state index contributed by atoms with van der Waals surface area (Å²) in [5.74, 6) is 1.06. The lowest BCUT2D eigenvalue weighted by Crippen LogP contribution is -2.32. The van der Waals surface area contributed by atoms with E-state index in [1.54, 1.807) is 6.20 Å². The molecular formula is C16H23N3O. The second-order valence-corrected chi connectivity index (χ2v) is 5.78. The summed E-state index contributed by atoms with van der Waals surface area (Å²) in [5.41, 5.74) is 0.788. The van der Waals surface area contributed by atoms with Crippen molar-refractivity contribution in [3.05, 3.63) is 23.9 Å². The minimum atomic E-state index is 0.162. The Kier molecular flexibility index (Phi) is 4.19. The van der Waals surface area contributed by atoms with Gasteiger partial charge in [-0.15, -0.1) is 0 Å². The van der Waals surface area contributed by atoms with E-state index in [1.165, 1.54) is 25.7 Å². The van der Waals surface area contributed by atoms with Gasteiger partial charge in [0.25, 0.3) is 5.91 Å². The van der Waals surface area contributed by atoms with Crippen LogP contribution >= 0.6 is 0 Å². The Morgan fingerprint density at radius 2 is 1.60 bits per heavy atom. The monoisotopic (exact) mass is 273 g/mol. The molecule has 1 aromatic rings. The lowest BCUT2D eigenvalue weighted by Gasteiger charge is -2.25. The number of hydrogen-bond acceptors (Lipinski definition) is 3. The van der Waals surface area contributed by atoms with Crippen LogP contribution in [0.25, 0.3) is 0 Å². The number of likely N-dealkylation sites (tertiary alicyclic amines) is 1. The Morgan fingerprint density at radius 1 is 0.950 bits per heavy atom. The maximum atomic E-state index is 12.7. The molecular weight excluding hydrogens is 250 g/mol. The van der Waals surface area contributed by atoms with Crippen LogP contribution in [0.5, 0.6) is 0 Å². The summed E-state index contributed by atoms with van der Waals surface area (Å²) >= 11 is 0. The number of hydrogen-bond donors (Lipinski definition) is 0. The number of amides is 1. The van der Waals surface area contributed by atoms with Crippen molar-refractivity contribution in [2.24, 2.45) is 0 Å². The number of nitrogens with zero attached hydrogens (tertiary/aromatic N) is 3. The number of carbonyl (C=O) groups excluding carboxylic acids is 1. The van der Waals surface area contributed by atoms with Crippen molar-refractivity contribution in [3.63, 3.8) is 0 Å². The van der Waals surface area contributed by atoms with Gasteiger partial charge in [0.05, 0.1) is 5.56 Å². The zero-order chi connectivity index (χ0) is 13.8. The third-order valence-corrected chi connectivity index (χ3v) is 4.32. The zero-order valence-electron chi connectivity index (χ0n) is 12.1. The second kappa shape index (κ2) is 6.25. The highest BCUT2D eigenvalue weighted by molar-refractivity contribution is 5.99. The fourth-order valence-corrected chi connectivity index (χ4v) is 3.19. The largest absolute Gasteiger partial charge is 0.356 e. The molecule has 1 amide bonds. The van der Waals surface area contributed by atoms with Crippen molar-refractivity contribution in [1.29, 1.82) is 0 Å². The molecule has 4 heteroatoms. The van der Waals surface area contributed by atoms with Gasteiger partial charge in [-0.1, -0.05) is 12.8 Å². The quantitative estimate of drug-likeness (QED) is 0.831. The van der Waals surface area contributed by atoms with Gasteiger partial charge < -0.3 is 9.80 Å². The van der Waals surface area contributed by atoms with E-state index in [0.717, 1.165) is 50.4 Å². The van der Waals surface area contributed by atoms with E-state index in [1.807, 2.05) is 17.0 Å². The molecule has 2 fully saturated rings. The Bertz CT molecular complexity index is 461. The minimum Gasteiger partial charge on any atom is -0.356 e. The fourth-order valence-electron chi connectivity index (χ4n) is 3.19. The van der Waals surface area contributed by atoms with E-state index in [4.69, 9.17) is 0 Å². The van der Waals surface area contributed by atoms with Gasteiger partial charge in [0.1, 0.15) is 5.82 Å². The van der Waals surface area contributed by atoms with Crippen LogP contribution in [-0.2, 0) is 0 Å². The van der Waals surface area contributed by atoms with Crippen molar-refractivity contribution in [1.82, 2.24) is 9.88 Å². The van der Waals surface area contributed by atoms with Gasteiger partial charge in [-0.25, -0.2) is 4.98 Å². The summed E-state index contributed by atoms with van der Waals surface area (Å²) < 4.78 is 0. The Morgan fingerprint density at radius 3 is 2.30 bits per heavy atom. The van der Waals surface area contributed by atoms with E-state index >= 15 is 0 Å².